The van der Waals surface area contributed by atoms with Gasteiger partial charge in [0.15, 0.2) is 0 Å². The van der Waals surface area contributed by atoms with Crippen molar-refractivity contribution in [2.24, 2.45) is 0 Å². The highest BCUT2D eigenvalue weighted by Gasteiger charge is 2.00. The monoisotopic (exact) mass is 325 g/mol. The Labute approximate surface area is 127 Å². The van der Waals surface area contributed by atoms with E-state index in [1.54, 1.807) is 0 Å². The van der Waals surface area contributed by atoms with Crippen molar-refractivity contribution in [3.63, 3.8) is 0 Å². The molecule has 0 fully saturated rings. The maximum absolute atomic E-state index is 3.51. The number of benzene rings is 3. The van der Waals surface area contributed by atoms with Crippen LogP contribution in [0.2, 0.25) is 0 Å². The van der Waals surface area contributed by atoms with E-state index in [4.69, 9.17) is 0 Å². The lowest BCUT2D eigenvalue weighted by Crippen LogP contribution is -2.12. The van der Waals surface area contributed by atoms with Crippen LogP contribution >= 0.6 is 15.9 Å². The van der Waals surface area contributed by atoms with Crippen molar-refractivity contribution in [1.29, 1.82) is 0 Å². The Kier molecular flexibility index (Phi) is 4.14. The van der Waals surface area contributed by atoms with Gasteiger partial charge in [-0.15, -0.1) is 0 Å². The normalized spacial score (nSPS) is 10.8. The predicted octanol–water partition coefficient (Wildman–Crippen LogP) is 4.89. The van der Waals surface area contributed by atoms with Gasteiger partial charge in [0.2, 0.25) is 0 Å². The van der Waals surface area contributed by atoms with Crippen molar-refractivity contribution in [3.8, 4) is 0 Å². The third-order valence-electron chi connectivity index (χ3n) is 3.44. The topological polar surface area (TPSA) is 12.0 Å². The van der Waals surface area contributed by atoms with Gasteiger partial charge in [-0.25, -0.2) is 0 Å². The fraction of sp³-hybridized carbons (Fsp3) is 0.111. The molecule has 0 aliphatic heterocycles. The lowest BCUT2D eigenvalue weighted by atomic mass is 10.0. The second-order valence-electron chi connectivity index (χ2n) is 4.87. The highest BCUT2D eigenvalue weighted by atomic mass is 79.9. The van der Waals surface area contributed by atoms with Gasteiger partial charge >= 0.3 is 0 Å². The Hall–Kier alpha value is -1.64. The lowest BCUT2D eigenvalue weighted by molar-refractivity contribution is 0.696. The first-order chi connectivity index (χ1) is 9.83. The largest absolute Gasteiger partial charge is 0.309 e. The summed E-state index contributed by atoms with van der Waals surface area (Å²) in [5.74, 6) is 0. The Bertz CT molecular complexity index is 699. The molecule has 0 atom stereocenters. The standard InChI is InChI=1S/C18H16BrN/c19-17-10-8-14(9-11-17)12-20-13-16-6-3-5-15-4-1-2-7-18(15)16/h1-11,20H,12-13H2. The van der Waals surface area contributed by atoms with Gasteiger partial charge in [-0.05, 0) is 34.0 Å². The van der Waals surface area contributed by atoms with Crippen LogP contribution in [0.3, 0.4) is 0 Å². The molecule has 20 heavy (non-hydrogen) atoms. The van der Waals surface area contributed by atoms with Crippen LogP contribution < -0.4 is 5.32 Å². The van der Waals surface area contributed by atoms with Gasteiger partial charge in [-0.3, -0.25) is 0 Å². The second-order valence-corrected chi connectivity index (χ2v) is 5.78. The molecule has 3 rings (SSSR count). The van der Waals surface area contributed by atoms with E-state index in [0.29, 0.717) is 0 Å². The van der Waals surface area contributed by atoms with Crippen molar-refractivity contribution >= 4 is 26.7 Å². The summed E-state index contributed by atoms with van der Waals surface area (Å²) in [4.78, 5) is 0. The predicted molar refractivity (Wildman–Crippen MR) is 88.6 cm³/mol. The molecular weight excluding hydrogens is 310 g/mol. The molecule has 1 N–H and O–H groups in total. The molecule has 0 saturated carbocycles. The minimum Gasteiger partial charge on any atom is -0.309 e. The van der Waals surface area contributed by atoms with Crippen LogP contribution in [-0.4, -0.2) is 0 Å². The molecule has 2 heteroatoms. The zero-order chi connectivity index (χ0) is 13.8. The van der Waals surface area contributed by atoms with Crippen LogP contribution in [0, 0.1) is 0 Å². The van der Waals surface area contributed by atoms with Crippen LogP contribution in [0.15, 0.2) is 71.2 Å². The summed E-state index contributed by atoms with van der Waals surface area (Å²) in [6.45, 7) is 1.77. The summed E-state index contributed by atoms with van der Waals surface area (Å²) >= 11 is 3.46. The third kappa shape index (κ3) is 3.09. The second kappa shape index (κ2) is 6.21. The molecule has 0 aliphatic rings. The Morgan fingerprint density at radius 1 is 0.750 bits per heavy atom. The molecule has 0 unspecified atom stereocenters. The molecule has 0 aliphatic carbocycles. The van der Waals surface area contributed by atoms with Crippen molar-refractivity contribution in [2.75, 3.05) is 0 Å². The zero-order valence-electron chi connectivity index (χ0n) is 11.1. The van der Waals surface area contributed by atoms with Crippen molar-refractivity contribution < 1.29 is 0 Å². The molecule has 0 amide bonds. The van der Waals surface area contributed by atoms with Crippen molar-refractivity contribution in [2.45, 2.75) is 13.1 Å². The van der Waals surface area contributed by atoms with E-state index in [9.17, 15) is 0 Å². The molecule has 3 aromatic rings. The number of nitrogens with one attached hydrogen (secondary N) is 1. The summed E-state index contributed by atoms with van der Waals surface area (Å²) in [7, 11) is 0. The van der Waals surface area contributed by atoms with Gasteiger partial charge in [0.05, 0.1) is 0 Å². The molecule has 3 aromatic carbocycles. The average Bonchev–Trinajstić information content (AvgIpc) is 2.49. The maximum Gasteiger partial charge on any atom is 0.0214 e. The molecule has 0 aromatic heterocycles. The van der Waals surface area contributed by atoms with E-state index in [1.165, 1.54) is 21.9 Å². The quantitative estimate of drug-likeness (QED) is 0.720. The van der Waals surface area contributed by atoms with E-state index in [0.717, 1.165) is 17.6 Å². The lowest BCUT2D eigenvalue weighted by Gasteiger charge is -2.08. The highest BCUT2D eigenvalue weighted by Crippen LogP contribution is 2.18. The highest BCUT2D eigenvalue weighted by molar-refractivity contribution is 9.10. The number of rotatable bonds is 4. The van der Waals surface area contributed by atoms with E-state index in [1.807, 2.05) is 0 Å². The third-order valence-corrected chi connectivity index (χ3v) is 3.97. The minimum absolute atomic E-state index is 0.885. The van der Waals surface area contributed by atoms with Crippen LogP contribution in [0.25, 0.3) is 10.8 Å². The SMILES string of the molecule is Brc1ccc(CNCc2cccc3ccccc23)cc1. The average molecular weight is 326 g/mol. The molecule has 0 saturated heterocycles. The van der Waals surface area contributed by atoms with Gasteiger partial charge in [0, 0.05) is 17.6 Å². The molecule has 0 heterocycles. The molecule has 0 bridgehead atoms. The first kappa shape index (κ1) is 13.3. The van der Waals surface area contributed by atoms with Gasteiger partial charge in [0.1, 0.15) is 0 Å². The smallest absolute Gasteiger partial charge is 0.0214 e. The van der Waals surface area contributed by atoms with E-state index in [-0.39, 0.29) is 0 Å². The van der Waals surface area contributed by atoms with E-state index < -0.39 is 0 Å². The Morgan fingerprint density at radius 3 is 2.35 bits per heavy atom. The minimum atomic E-state index is 0.885. The number of hydrogen-bond donors (Lipinski definition) is 1. The van der Waals surface area contributed by atoms with Gasteiger partial charge in [0.25, 0.3) is 0 Å². The molecular formula is C18H16BrN. The van der Waals surface area contributed by atoms with Crippen LogP contribution in [0.1, 0.15) is 11.1 Å². The summed E-state index contributed by atoms with van der Waals surface area (Å²) in [6.07, 6.45) is 0. The summed E-state index contributed by atoms with van der Waals surface area (Å²) in [6, 6.07) is 23.4. The molecule has 1 nitrogen and oxygen atoms in total. The van der Waals surface area contributed by atoms with Gasteiger partial charge < -0.3 is 5.32 Å². The maximum atomic E-state index is 3.51. The fourth-order valence-electron chi connectivity index (χ4n) is 2.39. The molecule has 100 valence electrons. The molecule has 0 spiro atoms. The Balaban J connectivity index is 1.69. The van der Waals surface area contributed by atoms with E-state index in [2.05, 4.69) is 88.0 Å². The first-order valence-electron chi connectivity index (χ1n) is 6.75. The van der Waals surface area contributed by atoms with Crippen LogP contribution in [0.5, 0.6) is 0 Å². The van der Waals surface area contributed by atoms with E-state index >= 15 is 0 Å². The van der Waals surface area contributed by atoms with Gasteiger partial charge in [-0.1, -0.05) is 70.5 Å². The van der Waals surface area contributed by atoms with Crippen LogP contribution in [0.4, 0.5) is 0 Å². The number of hydrogen-bond acceptors (Lipinski definition) is 1. The number of fused-ring (bicyclic) bond motifs is 1. The fourth-order valence-corrected chi connectivity index (χ4v) is 2.65. The van der Waals surface area contributed by atoms with Gasteiger partial charge in [-0.2, -0.15) is 0 Å². The summed E-state index contributed by atoms with van der Waals surface area (Å²) in [5.41, 5.74) is 2.65. The van der Waals surface area contributed by atoms with Crippen LogP contribution in [-0.2, 0) is 13.1 Å². The molecule has 0 radical (unpaired) electrons. The van der Waals surface area contributed by atoms with Crippen molar-refractivity contribution in [1.82, 2.24) is 5.32 Å². The number of halogens is 1. The van der Waals surface area contributed by atoms with Crippen molar-refractivity contribution in [3.05, 3.63) is 82.3 Å². The Morgan fingerprint density at radius 2 is 1.50 bits per heavy atom. The summed E-state index contributed by atoms with van der Waals surface area (Å²) < 4.78 is 1.12. The first-order valence-corrected chi connectivity index (χ1v) is 7.54. The summed E-state index contributed by atoms with van der Waals surface area (Å²) in [5, 5.41) is 6.15. The zero-order valence-corrected chi connectivity index (χ0v) is 12.7.